The van der Waals surface area contributed by atoms with Gasteiger partial charge in [0.25, 0.3) is 0 Å². The van der Waals surface area contributed by atoms with Crippen molar-refractivity contribution >= 4 is 6.03 Å². The number of rotatable bonds is 4. The van der Waals surface area contributed by atoms with E-state index in [0.29, 0.717) is 13.2 Å². The topological polar surface area (TPSA) is 50.4 Å². The Labute approximate surface area is 133 Å². The molecule has 4 nitrogen and oxygen atoms in total. The van der Waals surface area contributed by atoms with Crippen molar-refractivity contribution in [3.63, 3.8) is 0 Å². The Hall–Kier alpha value is -1.76. The van der Waals surface area contributed by atoms with Crippen LogP contribution in [0, 0.1) is 0 Å². The summed E-state index contributed by atoms with van der Waals surface area (Å²) in [6.45, 7) is 2.85. The molecule has 128 valence electrons. The minimum Gasteiger partial charge on any atom is -0.379 e. The third-order valence-corrected chi connectivity index (χ3v) is 3.72. The Bertz CT molecular complexity index is 528. The summed E-state index contributed by atoms with van der Waals surface area (Å²) < 4.78 is 44.1. The highest BCUT2D eigenvalue weighted by atomic mass is 19.4. The number of alkyl halides is 3. The monoisotopic (exact) mass is 330 g/mol. The second-order valence-electron chi connectivity index (χ2n) is 5.79. The van der Waals surface area contributed by atoms with Gasteiger partial charge in [0.1, 0.15) is 0 Å². The molecule has 7 heteroatoms. The standard InChI is InChI=1S/C16H21F3N2O2/c1-11(20-15(22)21-13-6-4-8-23-10-13)9-12-5-2-3-7-14(12)16(17,18)19/h2-3,5,7,11,13H,4,6,8-10H2,1H3,(H2,20,21,22). The molecule has 0 aromatic heterocycles. The van der Waals surface area contributed by atoms with Crippen molar-refractivity contribution in [3.05, 3.63) is 35.4 Å². The normalized spacial score (nSPS) is 19.9. The molecule has 2 N–H and O–H groups in total. The molecule has 1 fully saturated rings. The fourth-order valence-corrected chi connectivity index (χ4v) is 2.66. The number of ether oxygens (including phenoxy) is 1. The second kappa shape index (κ2) is 7.68. The van der Waals surface area contributed by atoms with Gasteiger partial charge in [-0.05, 0) is 37.8 Å². The first kappa shape index (κ1) is 17.6. The quantitative estimate of drug-likeness (QED) is 0.891. The Morgan fingerprint density at radius 3 is 2.78 bits per heavy atom. The van der Waals surface area contributed by atoms with Crippen LogP contribution in [-0.4, -0.2) is 31.3 Å². The summed E-state index contributed by atoms with van der Waals surface area (Å²) in [5.74, 6) is 0. The van der Waals surface area contributed by atoms with Crippen LogP contribution in [0.2, 0.25) is 0 Å². The smallest absolute Gasteiger partial charge is 0.379 e. The van der Waals surface area contributed by atoms with Crippen LogP contribution < -0.4 is 10.6 Å². The van der Waals surface area contributed by atoms with Crippen molar-refractivity contribution < 1.29 is 22.7 Å². The van der Waals surface area contributed by atoms with Gasteiger partial charge in [-0.1, -0.05) is 18.2 Å². The molecule has 23 heavy (non-hydrogen) atoms. The zero-order valence-electron chi connectivity index (χ0n) is 13.0. The summed E-state index contributed by atoms with van der Waals surface area (Å²) in [5.41, 5.74) is -0.483. The van der Waals surface area contributed by atoms with Crippen LogP contribution in [0.1, 0.15) is 30.9 Å². The van der Waals surface area contributed by atoms with E-state index in [2.05, 4.69) is 10.6 Å². The molecule has 1 aromatic rings. The van der Waals surface area contributed by atoms with E-state index in [4.69, 9.17) is 4.74 Å². The zero-order chi connectivity index (χ0) is 16.9. The molecule has 2 amide bonds. The Balaban J connectivity index is 1.89. The van der Waals surface area contributed by atoms with Gasteiger partial charge in [0, 0.05) is 12.6 Å². The molecule has 1 aliphatic heterocycles. The Morgan fingerprint density at radius 1 is 1.39 bits per heavy atom. The Kier molecular flexibility index (Phi) is 5.87. The van der Waals surface area contributed by atoms with E-state index in [0.717, 1.165) is 18.9 Å². The average molecular weight is 330 g/mol. The van der Waals surface area contributed by atoms with Crippen LogP contribution in [0.15, 0.2) is 24.3 Å². The van der Waals surface area contributed by atoms with Crippen molar-refractivity contribution in [1.29, 1.82) is 0 Å². The first-order valence-electron chi connectivity index (χ1n) is 7.66. The minimum atomic E-state index is -4.39. The number of halogens is 3. The minimum absolute atomic E-state index is 0.0431. The Morgan fingerprint density at radius 2 is 2.13 bits per heavy atom. The molecule has 2 rings (SSSR count). The van der Waals surface area contributed by atoms with Crippen molar-refractivity contribution in [3.8, 4) is 0 Å². The van der Waals surface area contributed by atoms with Crippen molar-refractivity contribution in [2.45, 2.75) is 44.4 Å². The molecule has 0 spiro atoms. The van der Waals surface area contributed by atoms with E-state index < -0.39 is 17.8 Å². The fraction of sp³-hybridized carbons (Fsp3) is 0.562. The highest BCUT2D eigenvalue weighted by molar-refractivity contribution is 5.74. The maximum atomic E-state index is 13.0. The maximum absolute atomic E-state index is 13.0. The lowest BCUT2D eigenvalue weighted by Crippen LogP contribution is -2.48. The first-order valence-corrected chi connectivity index (χ1v) is 7.66. The van der Waals surface area contributed by atoms with Gasteiger partial charge in [-0.2, -0.15) is 13.2 Å². The summed E-state index contributed by atoms with van der Waals surface area (Å²) in [6.07, 6.45) is -2.54. The third-order valence-electron chi connectivity index (χ3n) is 3.72. The summed E-state index contributed by atoms with van der Waals surface area (Å²) in [5, 5.41) is 5.46. The molecular weight excluding hydrogens is 309 g/mol. The highest BCUT2D eigenvalue weighted by Crippen LogP contribution is 2.32. The fourth-order valence-electron chi connectivity index (χ4n) is 2.66. The predicted octanol–water partition coefficient (Wildman–Crippen LogP) is 3.11. The van der Waals surface area contributed by atoms with Crippen LogP contribution in [0.3, 0.4) is 0 Å². The van der Waals surface area contributed by atoms with Gasteiger partial charge in [0.2, 0.25) is 0 Å². The van der Waals surface area contributed by atoms with Gasteiger partial charge in [0.15, 0.2) is 0 Å². The van der Waals surface area contributed by atoms with Gasteiger partial charge < -0.3 is 15.4 Å². The summed E-state index contributed by atoms with van der Waals surface area (Å²) in [4.78, 5) is 11.9. The van der Waals surface area contributed by atoms with E-state index in [1.54, 1.807) is 13.0 Å². The molecule has 0 aliphatic carbocycles. The molecule has 1 saturated heterocycles. The van der Waals surface area contributed by atoms with Crippen molar-refractivity contribution in [1.82, 2.24) is 10.6 Å². The van der Waals surface area contributed by atoms with Crippen LogP contribution in [0.4, 0.5) is 18.0 Å². The van der Waals surface area contributed by atoms with E-state index in [-0.39, 0.29) is 24.1 Å². The summed E-state index contributed by atoms with van der Waals surface area (Å²) in [7, 11) is 0. The SMILES string of the molecule is CC(Cc1ccccc1C(F)(F)F)NC(=O)NC1CCCOC1. The lowest BCUT2D eigenvalue weighted by Gasteiger charge is -2.24. The zero-order valence-corrected chi connectivity index (χ0v) is 13.0. The number of carbonyl (C=O) groups is 1. The third kappa shape index (κ3) is 5.42. The molecule has 0 saturated carbocycles. The number of urea groups is 1. The summed E-state index contributed by atoms with van der Waals surface area (Å²) >= 11 is 0. The van der Waals surface area contributed by atoms with Gasteiger partial charge >= 0.3 is 12.2 Å². The summed E-state index contributed by atoms with van der Waals surface area (Å²) in [6, 6.07) is 4.59. The van der Waals surface area contributed by atoms with Crippen molar-refractivity contribution in [2.24, 2.45) is 0 Å². The number of nitrogens with one attached hydrogen (secondary N) is 2. The van der Waals surface area contributed by atoms with Crippen LogP contribution in [0.5, 0.6) is 0 Å². The predicted molar refractivity (Wildman–Crippen MR) is 80.1 cm³/mol. The molecule has 1 aliphatic rings. The average Bonchev–Trinajstić information content (AvgIpc) is 2.47. The van der Waals surface area contributed by atoms with E-state index in [9.17, 15) is 18.0 Å². The lowest BCUT2D eigenvalue weighted by molar-refractivity contribution is -0.138. The molecule has 2 unspecified atom stereocenters. The van der Waals surface area contributed by atoms with Gasteiger partial charge in [-0.3, -0.25) is 0 Å². The van der Waals surface area contributed by atoms with Gasteiger partial charge in [-0.25, -0.2) is 4.79 Å². The number of hydrogen-bond acceptors (Lipinski definition) is 2. The van der Waals surface area contributed by atoms with Crippen molar-refractivity contribution in [2.75, 3.05) is 13.2 Å². The number of amides is 2. The van der Waals surface area contributed by atoms with Gasteiger partial charge in [-0.15, -0.1) is 0 Å². The molecule has 1 aromatic carbocycles. The van der Waals surface area contributed by atoms with Crippen LogP contribution in [0.25, 0.3) is 0 Å². The first-order chi connectivity index (χ1) is 10.9. The molecular formula is C16H21F3N2O2. The number of carbonyl (C=O) groups excluding carboxylic acids is 1. The highest BCUT2D eigenvalue weighted by Gasteiger charge is 2.33. The maximum Gasteiger partial charge on any atom is 0.416 e. The largest absolute Gasteiger partial charge is 0.416 e. The van der Waals surface area contributed by atoms with E-state index in [1.165, 1.54) is 12.1 Å². The molecule has 0 radical (unpaired) electrons. The number of hydrogen-bond donors (Lipinski definition) is 2. The molecule has 2 atom stereocenters. The van der Waals surface area contributed by atoms with Crippen LogP contribution >= 0.6 is 0 Å². The van der Waals surface area contributed by atoms with Gasteiger partial charge in [0.05, 0.1) is 18.2 Å². The van der Waals surface area contributed by atoms with E-state index in [1.807, 2.05) is 0 Å². The lowest BCUT2D eigenvalue weighted by atomic mass is 10.0. The van der Waals surface area contributed by atoms with E-state index >= 15 is 0 Å². The second-order valence-corrected chi connectivity index (χ2v) is 5.79. The molecule has 0 bridgehead atoms. The van der Waals surface area contributed by atoms with Crippen LogP contribution in [-0.2, 0) is 17.3 Å². The number of benzene rings is 1. The molecule has 1 heterocycles.